The van der Waals surface area contributed by atoms with Crippen molar-refractivity contribution in [3.05, 3.63) is 76.2 Å². The van der Waals surface area contributed by atoms with Gasteiger partial charge in [-0.2, -0.15) is 4.98 Å². The minimum absolute atomic E-state index is 0.0949. The van der Waals surface area contributed by atoms with Crippen molar-refractivity contribution in [1.82, 2.24) is 19.7 Å². The number of hydrogen-bond acceptors (Lipinski definition) is 6. The third-order valence-electron chi connectivity index (χ3n) is 4.64. The predicted molar refractivity (Wildman–Crippen MR) is 115 cm³/mol. The van der Waals surface area contributed by atoms with Crippen molar-refractivity contribution < 1.29 is 4.52 Å². The van der Waals surface area contributed by atoms with Crippen LogP contribution in [0.5, 0.6) is 0 Å². The van der Waals surface area contributed by atoms with Gasteiger partial charge in [0, 0.05) is 5.92 Å². The molecule has 4 rings (SSSR count). The minimum Gasteiger partial charge on any atom is -0.338 e. The molecule has 2 aromatic heterocycles. The Labute approximate surface area is 173 Å². The lowest BCUT2D eigenvalue weighted by Crippen LogP contribution is -2.22. The molecule has 148 valence electrons. The summed E-state index contributed by atoms with van der Waals surface area (Å²) < 4.78 is 7.10. The van der Waals surface area contributed by atoms with Crippen LogP contribution in [0, 0.1) is 6.92 Å². The summed E-state index contributed by atoms with van der Waals surface area (Å²) in [5.74, 6) is 1.39. The van der Waals surface area contributed by atoms with Crippen LogP contribution in [0.2, 0.25) is 0 Å². The van der Waals surface area contributed by atoms with Crippen LogP contribution in [-0.4, -0.2) is 19.7 Å². The Morgan fingerprint density at radius 1 is 1.00 bits per heavy atom. The van der Waals surface area contributed by atoms with Gasteiger partial charge in [-0.05, 0) is 38.1 Å². The number of aryl methyl sites for hydroxylation is 1. The van der Waals surface area contributed by atoms with Gasteiger partial charge in [-0.25, -0.2) is 4.98 Å². The van der Waals surface area contributed by atoms with Crippen molar-refractivity contribution in [1.29, 1.82) is 0 Å². The van der Waals surface area contributed by atoms with Crippen LogP contribution in [0.4, 0.5) is 0 Å². The second-order valence-corrected chi connectivity index (χ2v) is 8.60. The Morgan fingerprint density at radius 2 is 1.72 bits per heavy atom. The maximum absolute atomic E-state index is 13.3. The third kappa shape index (κ3) is 3.82. The van der Waals surface area contributed by atoms with Crippen LogP contribution >= 0.6 is 11.8 Å². The quantitative estimate of drug-likeness (QED) is 0.341. The first-order valence-electron chi connectivity index (χ1n) is 9.53. The smallest absolute Gasteiger partial charge is 0.266 e. The van der Waals surface area contributed by atoms with E-state index in [0.717, 1.165) is 11.3 Å². The maximum atomic E-state index is 13.3. The molecule has 0 amide bonds. The van der Waals surface area contributed by atoms with Crippen molar-refractivity contribution in [2.24, 2.45) is 0 Å². The van der Waals surface area contributed by atoms with E-state index in [4.69, 9.17) is 9.51 Å². The molecule has 0 aliphatic rings. The highest BCUT2D eigenvalue weighted by molar-refractivity contribution is 7.99. The van der Waals surface area contributed by atoms with Crippen LogP contribution in [0.1, 0.15) is 49.2 Å². The zero-order valence-corrected chi connectivity index (χ0v) is 17.6. The van der Waals surface area contributed by atoms with Crippen LogP contribution in [-0.2, 0) is 0 Å². The molecule has 0 N–H and O–H groups in total. The third-order valence-corrected chi connectivity index (χ3v) is 5.68. The fraction of sp³-hybridized carbons (Fsp3) is 0.273. The second-order valence-electron chi connectivity index (χ2n) is 7.29. The van der Waals surface area contributed by atoms with Gasteiger partial charge in [0.15, 0.2) is 11.0 Å². The van der Waals surface area contributed by atoms with Gasteiger partial charge in [0.05, 0.1) is 21.8 Å². The molecular weight excluding hydrogens is 384 g/mol. The Morgan fingerprint density at radius 3 is 2.41 bits per heavy atom. The lowest BCUT2D eigenvalue weighted by Gasteiger charge is -2.15. The maximum Gasteiger partial charge on any atom is 0.266 e. The Hall–Kier alpha value is -2.93. The van der Waals surface area contributed by atoms with Gasteiger partial charge in [0.2, 0.25) is 5.89 Å². The first-order valence-corrected chi connectivity index (χ1v) is 10.4. The average molecular weight is 407 g/mol. The molecule has 0 saturated carbocycles. The zero-order chi connectivity index (χ0) is 20.5. The van der Waals surface area contributed by atoms with Gasteiger partial charge < -0.3 is 4.52 Å². The van der Waals surface area contributed by atoms with Crippen molar-refractivity contribution in [2.75, 3.05) is 0 Å². The predicted octanol–water partition coefficient (Wildman–Crippen LogP) is 5.05. The summed E-state index contributed by atoms with van der Waals surface area (Å²) in [7, 11) is 0. The molecule has 0 radical (unpaired) electrons. The molecule has 0 bridgehead atoms. The molecule has 0 fully saturated rings. The molecule has 0 unspecified atom stereocenters. The van der Waals surface area contributed by atoms with E-state index in [1.54, 1.807) is 10.6 Å². The van der Waals surface area contributed by atoms with E-state index in [-0.39, 0.29) is 16.7 Å². The first kappa shape index (κ1) is 19.4. The molecule has 0 saturated heterocycles. The van der Waals surface area contributed by atoms with Gasteiger partial charge in [-0.15, -0.1) is 0 Å². The van der Waals surface area contributed by atoms with Gasteiger partial charge in [0.1, 0.15) is 0 Å². The van der Waals surface area contributed by atoms with Crippen molar-refractivity contribution >= 4 is 22.7 Å². The molecular formula is C22H22N4O2S. The first-order chi connectivity index (χ1) is 13.9. The fourth-order valence-electron chi connectivity index (χ4n) is 2.97. The van der Waals surface area contributed by atoms with Crippen molar-refractivity contribution in [3.63, 3.8) is 0 Å². The lowest BCUT2D eigenvalue weighted by atomic mass is 10.2. The largest absolute Gasteiger partial charge is 0.338 e. The highest BCUT2D eigenvalue weighted by atomic mass is 32.2. The van der Waals surface area contributed by atoms with Crippen molar-refractivity contribution in [2.45, 2.75) is 44.0 Å². The van der Waals surface area contributed by atoms with E-state index in [1.165, 1.54) is 11.8 Å². The minimum atomic E-state index is -0.153. The summed E-state index contributed by atoms with van der Waals surface area (Å²) in [6, 6.07) is 15.2. The van der Waals surface area contributed by atoms with E-state index >= 15 is 0 Å². The molecule has 6 nitrogen and oxygen atoms in total. The molecule has 0 spiro atoms. The van der Waals surface area contributed by atoms with Crippen molar-refractivity contribution in [3.8, 4) is 5.69 Å². The van der Waals surface area contributed by atoms with E-state index < -0.39 is 0 Å². The van der Waals surface area contributed by atoms with Crippen LogP contribution < -0.4 is 5.56 Å². The topological polar surface area (TPSA) is 73.8 Å². The lowest BCUT2D eigenvalue weighted by molar-refractivity contribution is 0.373. The van der Waals surface area contributed by atoms with Crippen LogP contribution in [0.3, 0.4) is 0 Å². The summed E-state index contributed by atoms with van der Waals surface area (Å²) >= 11 is 1.43. The van der Waals surface area contributed by atoms with E-state index in [0.29, 0.717) is 27.8 Å². The van der Waals surface area contributed by atoms with E-state index in [9.17, 15) is 4.79 Å². The summed E-state index contributed by atoms with van der Waals surface area (Å²) in [4.78, 5) is 22.6. The molecule has 2 aromatic carbocycles. The standard InChI is InChI=1S/C22H22N4O2S/c1-13(2)19-24-20(28-25-19)15(4)29-22-23-18-8-6-5-7-17(18)21(27)26(22)16-11-9-14(3)10-12-16/h5-13,15H,1-4H3/t15-/m0/s1. The number of hydrogen-bond donors (Lipinski definition) is 0. The van der Waals surface area contributed by atoms with Gasteiger partial charge in [-0.1, -0.05) is 60.6 Å². The monoisotopic (exact) mass is 406 g/mol. The van der Waals surface area contributed by atoms with E-state index in [2.05, 4.69) is 10.1 Å². The van der Waals surface area contributed by atoms with Gasteiger partial charge in [-0.3, -0.25) is 9.36 Å². The average Bonchev–Trinajstić information content (AvgIpc) is 3.20. The number of thioether (sulfide) groups is 1. The molecule has 0 aliphatic carbocycles. The highest BCUT2D eigenvalue weighted by Crippen LogP contribution is 2.34. The normalized spacial score (nSPS) is 12.6. The van der Waals surface area contributed by atoms with Gasteiger partial charge in [0.25, 0.3) is 5.56 Å². The summed E-state index contributed by atoms with van der Waals surface area (Å²) in [6.45, 7) is 8.03. The second kappa shape index (κ2) is 7.83. The fourth-order valence-corrected chi connectivity index (χ4v) is 3.93. The summed E-state index contributed by atoms with van der Waals surface area (Å²) in [5.41, 5.74) is 2.48. The molecule has 29 heavy (non-hydrogen) atoms. The molecule has 4 aromatic rings. The number of benzene rings is 2. The van der Waals surface area contributed by atoms with Crippen LogP contribution in [0.25, 0.3) is 16.6 Å². The van der Waals surface area contributed by atoms with Gasteiger partial charge >= 0.3 is 0 Å². The Kier molecular flexibility index (Phi) is 5.24. The molecule has 0 aliphatic heterocycles. The number of nitrogens with zero attached hydrogens (tertiary/aromatic N) is 4. The van der Waals surface area contributed by atoms with E-state index in [1.807, 2.05) is 70.2 Å². The molecule has 7 heteroatoms. The zero-order valence-electron chi connectivity index (χ0n) is 16.8. The molecule has 2 heterocycles. The molecule has 1 atom stereocenters. The Bertz CT molecular complexity index is 1210. The number of fused-ring (bicyclic) bond motifs is 1. The number of aromatic nitrogens is 4. The SMILES string of the molecule is Cc1ccc(-n2c(S[C@@H](C)c3nc(C(C)C)no3)nc3ccccc3c2=O)cc1. The summed E-state index contributed by atoms with van der Waals surface area (Å²) in [5, 5.41) is 5.07. The number of rotatable bonds is 5. The van der Waals surface area contributed by atoms with Crippen LogP contribution in [0.15, 0.2) is 63.0 Å². The number of para-hydroxylation sites is 1. The highest BCUT2D eigenvalue weighted by Gasteiger charge is 2.21. The summed E-state index contributed by atoms with van der Waals surface area (Å²) in [6.07, 6.45) is 0. The Balaban J connectivity index is 1.82.